The van der Waals surface area contributed by atoms with E-state index in [2.05, 4.69) is 5.16 Å². The molecule has 1 saturated heterocycles. The standard InChI is InChI=1S/C15H16F2N2O2/c1-9-11(6-18-21-9)7-19-8-12(20)5-15(19)10-2-3-13(16)14(17)4-10/h2-4,6,12,15,20H,5,7-8H2,1H3/t12-,15+/m1/s1. The number of β-amino-alcohol motifs (C(OH)–C–C–N with tert-alkyl or cyclic N) is 1. The van der Waals surface area contributed by atoms with Crippen LogP contribution in [0.3, 0.4) is 0 Å². The Morgan fingerprint density at radius 3 is 2.86 bits per heavy atom. The number of rotatable bonds is 3. The Hall–Kier alpha value is -1.79. The third kappa shape index (κ3) is 2.82. The van der Waals surface area contributed by atoms with Gasteiger partial charge >= 0.3 is 0 Å². The molecule has 6 heteroatoms. The van der Waals surface area contributed by atoms with Crippen molar-refractivity contribution in [2.24, 2.45) is 0 Å². The molecule has 1 aliphatic heterocycles. The molecule has 0 bridgehead atoms. The highest BCUT2D eigenvalue weighted by Crippen LogP contribution is 2.34. The van der Waals surface area contributed by atoms with Crippen molar-refractivity contribution in [1.29, 1.82) is 0 Å². The predicted octanol–water partition coefficient (Wildman–Crippen LogP) is 2.57. The second-order valence-corrected chi connectivity index (χ2v) is 5.42. The number of halogens is 2. The molecule has 1 aromatic carbocycles. The molecule has 112 valence electrons. The van der Waals surface area contributed by atoms with Crippen LogP contribution in [0.2, 0.25) is 0 Å². The number of nitrogens with zero attached hydrogens (tertiary/aromatic N) is 2. The molecule has 2 heterocycles. The first kappa shape index (κ1) is 14.2. The highest BCUT2D eigenvalue weighted by atomic mass is 19.2. The molecule has 3 rings (SSSR count). The number of aliphatic hydroxyl groups is 1. The van der Waals surface area contributed by atoms with Gasteiger partial charge < -0.3 is 9.63 Å². The van der Waals surface area contributed by atoms with Crippen LogP contribution >= 0.6 is 0 Å². The Morgan fingerprint density at radius 2 is 2.19 bits per heavy atom. The van der Waals surface area contributed by atoms with E-state index in [-0.39, 0.29) is 6.04 Å². The minimum atomic E-state index is -0.866. The maximum absolute atomic E-state index is 13.4. The van der Waals surface area contributed by atoms with Gasteiger partial charge in [-0.3, -0.25) is 4.90 Å². The number of hydrogen-bond donors (Lipinski definition) is 1. The zero-order valence-electron chi connectivity index (χ0n) is 11.6. The fourth-order valence-corrected chi connectivity index (χ4v) is 2.81. The summed E-state index contributed by atoms with van der Waals surface area (Å²) >= 11 is 0. The van der Waals surface area contributed by atoms with Crippen molar-refractivity contribution in [2.75, 3.05) is 6.54 Å². The van der Waals surface area contributed by atoms with Crippen LogP contribution in [0.25, 0.3) is 0 Å². The van der Waals surface area contributed by atoms with E-state index in [9.17, 15) is 13.9 Å². The van der Waals surface area contributed by atoms with Crippen LogP contribution in [-0.4, -0.2) is 27.8 Å². The van der Waals surface area contributed by atoms with Gasteiger partial charge in [0, 0.05) is 24.7 Å². The quantitative estimate of drug-likeness (QED) is 0.945. The molecule has 4 nitrogen and oxygen atoms in total. The number of aryl methyl sites for hydroxylation is 1. The minimum absolute atomic E-state index is 0.149. The summed E-state index contributed by atoms with van der Waals surface area (Å²) in [7, 11) is 0. The predicted molar refractivity (Wildman–Crippen MR) is 71.4 cm³/mol. The molecule has 1 aliphatic rings. The summed E-state index contributed by atoms with van der Waals surface area (Å²) in [6.45, 7) is 2.85. The molecule has 0 unspecified atom stereocenters. The van der Waals surface area contributed by atoms with Crippen LogP contribution in [0.1, 0.15) is 29.3 Å². The second kappa shape index (κ2) is 5.54. The fourth-order valence-electron chi connectivity index (χ4n) is 2.81. The molecular weight excluding hydrogens is 278 g/mol. The largest absolute Gasteiger partial charge is 0.392 e. The van der Waals surface area contributed by atoms with Gasteiger partial charge in [0.2, 0.25) is 0 Å². The van der Waals surface area contributed by atoms with Crippen molar-refractivity contribution in [3.8, 4) is 0 Å². The molecule has 1 fully saturated rings. The molecule has 1 N–H and O–H groups in total. The zero-order chi connectivity index (χ0) is 15.0. The van der Waals surface area contributed by atoms with Gasteiger partial charge in [-0.15, -0.1) is 0 Å². The third-order valence-electron chi connectivity index (χ3n) is 3.93. The summed E-state index contributed by atoms with van der Waals surface area (Å²) < 4.78 is 31.5. The van der Waals surface area contributed by atoms with Crippen molar-refractivity contribution < 1.29 is 18.4 Å². The molecule has 0 amide bonds. The van der Waals surface area contributed by atoms with E-state index < -0.39 is 17.7 Å². The summed E-state index contributed by atoms with van der Waals surface area (Å²) in [6.07, 6.45) is 1.65. The first-order chi connectivity index (χ1) is 10.0. The summed E-state index contributed by atoms with van der Waals surface area (Å²) in [4.78, 5) is 2.02. The number of hydrogen-bond acceptors (Lipinski definition) is 4. The molecule has 0 aliphatic carbocycles. The first-order valence-corrected chi connectivity index (χ1v) is 6.82. The van der Waals surface area contributed by atoms with Gasteiger partial charge in [-0.1, -0.05) is 11.2 Å². The molecule has 1 aromatic heterocycles. The van der Waals surface area contributed by atoms with Crippen LogP contribution in [-0.2, 0) is 6.54 Å². The van der Waals surface area contributed by atoms with Crippen molar-refractivity contribution >= 4 is 0 Å². The molecule has 0 spiro atoms. The van der Waals surface area contributed by atoms with Gasteiger partial charge in [-0.2, -0.15) is 0 Å². The number of likely N-dealkylation sites (tertiary alicyclic amines) is 1. The molecule has 21 heavy (non-hydrogen) atoms. The summed E-state index contributed by atoms with van der Waals surface area (Å²) in [5.74, 6) is -1.01. The lowest BCUT2D eigenvalue weighted by atomic mass is 10.0. The maximum Gasteiger partial charge on any atom is 0.159 e. The highest BCUT2D eigenvalue weighted by molar-refractivity contribution is 5.23. The Balaban J connectivity index is 1.85. The maximum atomic E-state index is 13.4. The number of aliphatic hydroxyl groups excluding tert-OH is 1. The average Bonchev–Trinajstić information content (AvgIpc) is 3.00. The minimum Gasteiger partial charge on any atom is -0.392 e. The average molecular weight is 294 g/mol. The van der Waals surface area contributed by atoms with Crippen molar-refractivity contribution in [3.63, 3.8) is 0 Å². The van der Waals surface area contributed by atoms with Gasteiger partial charge in [0.15, 0.2) is 11.6 Å². The lowest BCUT2D eigenvalue weighted by Gasteiger charge is -2.24. The van der Waals surface area contributed by atoms with Crippen LogP contribution in [0.4, 0.5) is 8.78 Å². The smallest absolute Gasteiger partial charge is 0.159 e. The number of benzene rings is 1. The van der Waals surface area contributed by atoms with Gasteiger partial charge in [0.05, 0.1) is 12.3 Å². The second-order valence-electron chi connectivity index (χ2n) is 5.42. The van der Waals surface area contributed by atoms with Crippen molar-refractivity contribution in [3.05, 3.63) is 52.9 Å². The first-order valence-electron chi connectivity index (χ1n) is 6.82. The van der Waals surface area contributed by atoms with Crippen LogP contribution in [0.15, 0.2) is 28.9 Å². The van der Waals surface area contributed by atoms with E-state index in [1.807, 2.05) is 11.8 Å². The molecule has 0 radical (unpaired) electrons. The SMILES string of the molecule is Cc1oncc1CN1C[C@H](O)C[C@H]1c1ccc(F)c(F)c1. The van der Waals surface area contributed by atoms with E-state index in [1.165, 1.54) is 6.07 Å². The molecule has 2 aromatic rings. The van der Waals surface area contributed by atoms with Crippen LogP contribution in [0, 0.1) is 18.6 Å². The summed E-state index contributed by atoms with van der Waals surface area (Å²) in [5, 5.41) is 13.6. The molecular formula is C15H16F2N2O2. The zero-order valence-corrected chi connectivity index (χ0v) is 11.6. The Labute approximate surface area is 121 Å². The van der Waals surface area contributed by atoms with E-state index in [4.69, 9.17) is 4.52 Å². The lowest BCUT2D eigenvalue weighted by Crippen LogP contribution is -2.24. The fraction of sp³-hybridized carbons (Fsp3) is 0.400. The van der Waals surface area contributed by atoms with Crippen molar-refractivity contribution in [2.45, 2.75) is 32.0 Å². The normalized spacial score (nSPS) is 22.9. The summed E-state index contributed by atoms with van der Waals surface area (Å²) in [6, 6.07) is 3.74. The van der Waals surface area contributed by atoms with Crippen LogP contribution < -0.4 is 0 Å². The van der Waals surface area contributed by atoms with E-state index in [0.29, 0.717) is 25.1 Å². The Kier molecular flexibility index (Phi) is 3.73. The lowest BCUT2D eigenvalue weighted by molar-refractivity contribution is 0.172. The van der Waals surface area contributed by atoms with E-state index >= 15 is 0 Å². The Bertz CT molecular complexity index is 644. The Morgan fingerprint density at radius 1 is 1.38 bits per heavy atom. The van der Waals surface area contributed by atoms with Gasteiger partial charge in [-0.05, 0) is 31.0 Å². The molecule has 0 saturated carbocycles. The number of aromatic nitrogens is 1. The topological polar surface area (TPSA) is 49.5 Å². The third-order valence-corrected chi connectivity index (χ3v) is 3.93. The monoisotopic (exact) mass is 294 g/mol. The van der Waals surface area contributed by atoms with Crippen LogP contribution in [0.5, 0.6) is 0 Å². The van der Waals surface area contributed by atoms with Gasteiger partial charge in [0.1, 0.15) is 5.76 Å². The van der Waals surface area contributed by atoms with E-state index in [1.54, 1.807) is 12.3 Å². The van der Waals surface area contributed by atoms with Gasteiger partial charge in [0.25, 0.3) is 0 Å². The molecule has 2 atom stereocenters. The highest BCUT2D eigenvalue weighted by Gasteiger charge is 2.33. The van der Waals surface area contributed by atoms with Gasteiger partial charge in [-0.25, -0.2) is 8.78 Å². The summed E-state index contributed by atoms with van der Waals surface area (Å²) in [5.41, 5.74) is 1.59. The van der Waals surface area contributed by atoms with Crippen molar-refractivity contribution in [1.82, 2.24) is 10.1 Å². The van der Waals surface area contributed by atoms with E-state index in [0.717, 1.165) is 17.4 Å².